The van der Waals surface area contributed by atoms with E-state index in [1.165, 1.54) is 7.11 Å². The van der Waals surface area contributed by atoms with Crippen LogP contribution in [0.5, 0.6) is 0 Å². The molecule has 6 heteroatoms. The van der Waals surface area contributed by atoms with Gasteiger partial charge in [0.1, 0.15) is 0 Å². The highest BCUT2D eigenvalue weighted by Crippen LogP contribution is 2.19. The Morgan fingerprint density at radius 1 is 1.11 bits per heavy atom. The second kappa shape index (κ2) is 8.86. The SMILES string of the molecule is COC(=O)CCN(CCc1c[nH]c2ccccc12)C(=O)c1cccc(Br)c1. The van der Waals surface area contributed by atoms with Crippen LogP contribution in [0.3, 0.4) is 0 Å². The van der Waals surface area contributed by atoms with Gasteiger partial charge in [0.05, 0.1) is 13.5 Å². The van der Waals surface area contributed by atoms with Crippen LogP contribution in [0.25, 0.3) is 10.9 Å². The van der Waals surface area contributed by atoms with E-state index in [4.69, 9.17) is 4.74 Å². The van der Waals surface area contributed by atoms with E-state index in [1.807, 2.05) is 36.5 Å². The van der Waals surface area contributed by atoms with E-state index in [0.717, 1.165) is 20.9 Å². The molecule has 0 aliphatic heterocycles. The molecule has 1 heterocycles. The van der Waals surface area contributed by atoms with Crippen LogP contribution in [-0.2, 0) is 16.0 Å². The van der Waals surface area contributed by atoms with Crippen molar-refractivity contribution in [3.63, 3.8) is 0 Å². The van der Waals surface area contributed by atoms with Crippen molar-refractivity contribution in [3.05, 3.63) is 70.3 Å². The molecule has 3 aromatic rings. The van der Waals surface area contributed by atoms with Crippen LogP contribution in [0.15, 0.2) is 59.2 Å². The first kappa shape index (κ1) is 19.2. The van der Waals surface area contributed by atoms with Crippen LogP contribution in [-0.4, -0.2) is 42.0 Å². The number of esters is 1. The van der Waals surface area contributed by atoms with Gasteiger partial charge in [-0.15, -0.1) is 0 Å². The minimum absolute atomic E-state index is 0.0972. The van der Waals surface area contributed by atoms with Gasteiger partial charge in [-0.3, -0.25) is 9.59 Å². The molecule has 1 aromatic heterocycles. The van der Waals surface area contributed by atoms with Gasteiger partial charge in [0, 0.05) is 40.2 Å². The monoisotopic (exact) mass is 428 g/mol. The Kier molecular flexibility index (Phi) is 6.29. The third kappa shape index (κ3) is 4.77. The van der Waals surface area contributed by atoms with Gasteiger partial charge < -0.3 is 14.6 Å². The molecule has 3 rings (SSSR count). The number of fused-ring (bicyclic) bond motifs is 1. The van der Waals surface area contributed by atoms with Crippen molar-refractivity contribution < 1.29 is 14.3 Å². The van der Waals surface area contributed by atoms with Gasteiger partial charge >= 0.3 is 5.97 Å². The van der Waals surface area contributed by atoms with Crippen LogP contribution < -0.4 is 0 Å². The van der Waals surface area contributed by atoms with Gasteiger partial charge in [0.25, 0.3) is 5.91 Å². The van der Waals surface area contributed by atoms with Crippen molar-refractivity contribution >= 4 is 38.7 Å². The first-order valence-electron chi connectivity index (χ1n) is 8.75. The van der Waals surface area contributed by atoms with Crippen molar-refractivity contribution in [2.75, 3.05) is 20.2 Å². The Morgan fingerprint density at radius 2 is 1.93 bits per heavy atom. The zero-order chi connectivity index (χ0) is 19.2. The van der Waals surface area contributed by atoms with Crippen molar-refractivity contribution in [1.82, 2.24) is 9.88 Å². The molecule has 0 radical (unpaired) electrons. The van der Waals surface area contributed by atoms with E-state index in [9.17, 15) is 9.59 Å². The minimum Gasteiger partial charge on any atom is -0.469 e. The maximum Gasteiger partial charge on any atom is 0.307 e. The average molecular weight is 429 g/mol. The lowest BCUT2D eigenvalue weighted by Crippen LogP contribution is -2.35. The van der Waals surface area contributed by atoms with Crippen LogP contribution >= 0.6 is 15.9 Å². The Morgan fingerprint density at radius 3 is 2.70 bits per heavy atom. The fraction of sp³-hybridized carbons (Fsp3) is 0.238. The maximum atomic E-state index is 13.0. The quantitative estimate of drug-likeness (QED) is 0.574. The number of carbonyl (C=O) groups is 2. The number of H-pyrrole nitrogens is 1. The summed E-state index contributed by atoms with van der Waals surface area (Å²) in [5.74, 6) is -0.422. The molecule has 0 unspecified atom stereocenters. The first-order valence-corrected chi connectivity index (χ1v) is 9.54. The molecule has 1 amide bonds. The zero-order valence-electron chi connectivity index (χ0n) is 15.1. The number of hydrogen-bond acceptors (Lipinski definition) is 3. The van der Waals surface area contributed by atoms with Crippen LogP contribution in [0.2, 0.25) is 0 Å². The number of rotatable bonds is 7. The third-order valence-corrected chi connectivity index (χ3v) is 4.99. The summed E-state index contributed by atoms with van der Waals surface area (Å²) < 4.78 is 5.57. The molecule has 5 nitrogen and oxygen atoms in total. The lowest BCUT2D eigenvalue weighted by atomic mass is 10.1. The van der Waals surface area contributed by atoms with Crippen molar-refractivity contribution in [1.29, 1.82) is 0 Å². The highest BCUT2D eigenvalue weighted by molar-refractivity contribution is 9.10. The standard InChI is InChI=1S/C21H21BrN2O3/c1-27-20(25)10-12-24(21(26)15-5-4-6-17(22)13-15)11-9-16-14-23-19-8-3-2-7-18(16)19/h2-8,13-14,23H,9-12H2,1H3. The fourth-order valence-corrected chi connectivity index (χ4v) is 3.44. The lowest BCUT2D eigenvalue weighted by molar-refractivity contribution is -0.140. The van der Waals surface area contributed by atoms with Crippen molar-refractivity contribution in [2.45, 2.75) is 12.8 Å². The number of benzene rings is 2. The number of carbonyl (C=O) groups excluding carboxylic acids is 2. The third-order valence-electron chi connectivity index (χ3n) is 4.50. The number of para-hydroxylation sites is 1. The molecule has 27 heavy (non-hydrogen) atoms. The summed E-state index contributed by atoms with van der Waals surface area (Å²) in [6.45, 7) is 0.838. The average Bonchev–Trinajstić information content (AvgIpc) is 3.10. The summed E-state index contributed by atoms with van der Waals surface area (Å²) in [6, 6.07) is 15.4. The molecule has 140 valence electrons. The molecule has 2 aromatic carbocycles. The van der Waals surface area contributed by atoms with Crippen LogP contribution in [0.4, 0.5) is 0 Å². The van der Waals surface area contributed by atoms with Gasteiger partial charge in [-0.25, -0.2) is 0 Å². The largest absolute Gasteiger partial charge is 0.469 e. The molecule has 0 aliphatic carbocycles. The minimum atomic E-state index is -0.325. The summed E-state index contributed by atoms with van der Waals surface area (Å²) in [7, 11) is 1.36. The normalized spacial score (nSPS) is 10.7. The van der Waals surface area contributed by atoms with E-state index in [1.54, 1.807) is 17.0 Å². The van der Waals surface area contributed by atoms with E-state index in [2.05, 4.69) is 27.0 Å². The first-order chi connectivity index (χ1) is 13.1. The second-order valence-electron chi connectivity index (χ2n) is 6.24. The Hall–Kier alpha value is -2.60. The number of nitrogens with zero attached hydrogens (tertiary/aromatic N) is 1. The molecule has 0 atom stereocenters. The van der Waals surface area contributed by atoms with Crippen molar-refractivity contribution in [2.24, 2.45) is 0 Å². The molecule has 1 N–H and O–H groups in total. The van der Waals surface area contributed by atoms with E-state index in [0.29, 0.717) is 25.1 Å². The number of aromatic amines is 1. The Balaban J connectivity index is 1.76. The topological polar surface area (TPSA) is 62.4 Å². The molecular formula is C21H21BrN2O3. The Labute approximate surface area is 166 Å². The summed E-state index contributed by atoms with van der Waals surface area (Å²) >= 11 is 3.40. The fourth-order valence-electron chi connectivity index (χ4n) is 3.04. The van der Waals surface area contributed by atoms with Crippen LogP contribution in [0, 0.1) is 0 Å². The van der Waals surface area contributed by atoms with Crippen molar-refractivity contribution in [3.8, 4) is 0 Å². The van der Waals surface area contributed by atoms with E-state index < -0.39 is 0 Å². The molecule has 0 aliphatic rings. The molecular weight excluding hydrogens is 408 g/mol. The highest BCUT2D eigenvalue weighted by Gasteiger charge is 2.18. The van der Waals surface area contributed by atoms with E-state index >= 15 is 0 Å². The number of methoxy groups -OCH3 is 1. The molecule has 0 saturated heterocycles. The highest BCUT2D eigenvalue weighted by atomic mass is 79.9. The predicted molar refractivity (Wildman–Crippen MR) is 109 cm³/mol. The maximum absolute atomic E-state index is 13.0. The number of ether oxygens (including phenoxy) is 1. The van der Waals surface area contributed by atoms with Gasteiger partial charge in [0.15, 0.2) is 0 Å². The van der Waals surface area contributed by atoms with Gasteiger partial charge in [-0.2, -0.15) is 0 Å². The second-order valence-corrected chi connectivity index (χ2v) is 7.15. The summed E-state index contributed by atoms with van der Waals surface area (Å²) in [6.07, 6.45) is 2.85. The van der Waals surface area contributed by atoms with Gasteiger partial charge in [-0.05, 0) is 36.2 Å². The summed E-state index contributed by atoms with van der Waals surface area (Å²) in [5.41, 5.74) is 2.82. The molecule has 0 bridgehead atoms. The lowest BCUT2D eigenvalue weighted by Gasteiger charge is -2.22. The Bertz CT molecular complexity index is 951. The number of amides is 1. The number of aromatic nitrogens is 1. The van der Waals surface area contributed by atoms with E-state index in [-0.39, 0.29) is 18.3 Å². The van der Waals surface area contributed by atoms with Crippen LogP contribution in [0.1, 0.15) is 22.3 Å². The molecule has 0 saturated carbocycles. The molecule has 0 spiro atoms. The summed E-state index contributed by atoms with van der Waals surface area (Å²) in [4.78, 5) is 29.5. The molecule has 0 fully saturated rings. The zero-order valence-corrected chi connectivity index (χ0v) is 16.7. The smallest absolute Gasteiger partial charge is 0.307 e. The van der Waals surface area contributed by atoms with Gasteiger partial charge in [0.2, 0.25) is 0 Å². The predicted octanol–water partition coefficient (Wildman–Crippen LogP) is 4.18. The van der Waals surface area contributed by atoms with Gasteiger partial charge in [-0.1, -0.05) is 40.2 Å². The summed E-state index contributed by atoms with van der Waals surface area (Å²) in [5, 5.41) is 1.15. The number of halogens is 1. The number of nitrogens with one attached hydrogen (secondary N) is 1. The number of hydrogen-bond donors (Lipinski definition) is 1.